The van der Waals surface area contributed by atoms with E-state index in [4.69, 9.17) is 16.3 Å². The largest absolute Gasteiger partial charge is 0.471 e. The van der Waals surface area contributed by atoms with E-state index < -0.39 is 10.4 Å². The van der Waals surface area contributed by atoms with E-state index >= 15 is 0 Å². The Morgan fingerprint density at radius 1 is 1.41 bits per heavy atom. The van der Waals surface area contributed by atoms with Crippen LogP contribution in [0.4, 0.5) is 0 Å². The van der Waals surface area contributed by atoms with Crippen molar-refractivity contribution in [2.24, 2.45) is 5.41 Å². The first-order valence-corrected chi connectivity index (χ1v) is 6.62. The van der Waals surface area contributed by atoms with Crippen molar-refractivity contribution in [1.82, 2.24) is 0 Å². The van der Waals surface area contributed by atoms with E-state index in [2.05, 4.69) is 15.9 Å². The summed E-state index contributed by atoms with van der Waals surface area (Å²) in [6.07, 6.45) is 0. The lowest BCUT2D eigenvalue weighted by Crippen LogP contribution is -2.32. The molecule has 4 heteroatoms. The summed E-state index contributed by atoms with van der Waals surface area (Å²) in [5, 5.41) is 0.0190. The zero-order valence-electron chi connectivity index (χ0n) is 10.4. The van der Waals surface area contributed by atoms with Gasteiger partial charge in [-0.15, -0.1) is 0 Å². The van der Waals surface area contributed by atoms with E-state index in [9.17, 15) is 4.79 Å². The summed E-state index contributed by atoms with van der Waals surface area (Å²) in [4.78, 5) is 11.9. The highest BCUT2D eigenvalue weighted by Gasteiger charge is 2.29. The third kappa shape index (κ3) is 4.00. The standard InChI is InChI=1S/C13H16BrClO2/c1-8-7-9(15)5-6-10(8)17-12(14)11(16)13(2,3)4/h5-7,12H,1-4H3. The monoisotopic (exact) mass is 318 g/mol. The molecule has 1 rings (SSSR count). The van der Waals surface area contributed by atoms with Gasteiger partial charge in [0.15, 0.2) is 5.78 Å². The molecule has 0 spiro atoms. The summed E-state index contributed by atoms with van der Waals surface area (Å²) in [6, 6.07) is 5.31. The van der Waals surface area contributed by atoms with E-state index in [1.165, 1.54) is 0 Å². The SMILES string of the molecule is Cc1cc(Cl)ccc1OC(Br)C(=O)C(C)(C)C. The Bertz CT molecular complexity index is 424. The average Bonchev–Trinajstić information content (AvgIpc) is 2.19. The molecule has 0 bridgehead atoms. The fourth-order valence-corrected chi connectivity index (χ4v) is 2.37. The third-order valence-corrected chi connectivity index (χ3v) is 3.15. The number of ketones is 1. The molecular weight excluding hydrogens is 303 g/mol. The normalized spacial score (nSPS) is 13.3. The minimum Gasteiger partial charge on any atom is -0.471 e. The van der Waals surface area contributed by atoms with Crippen molar-refractivity contribution in [2.45, 2.75) is 32.7 Å². The molecule has 2 nitrogen and oxygen atoms in total. The van der Waals surface area contributed by atoms with Gasteiger partial charge in [0.05, 0.1) is 0 Å². The van der Waals surface area contributed by atoms with Crippen molar-refractivity contribution in [2.75, 3.05) is 0 Å². The fraction of sp³-hybridized carbons (Fsp3) is 0.462. The molecule has 0 N–H and O–H groups in total. The topological polar surface area (TPSA) is 26.3 Å². The molecule has 0 aliphatic rings. The first-order chi connectivity index (χ1) is 7.71. The maximum absolute atomic E-state index is 11.9. The molecule has 0 aromatic heterocycles. The van der Waals surface area contributed by atoms with Crippen molar-refractivity contribution in [1.29, 1.82) is 0 Å². The van der Waals surface area contributed by atoms with Crippen LogP contribution in [-0.4, -0.2) is 10.8 Å². The Kier molecular flexibility index (Phi) is 4.62. The molecule has 0 aliphatic heterocycles. The van der Waals surface area contributed by atoms with E-state index in [0.29, 0.717) is 10.8 Å². The highest BCUT2D eigenvalue weighted by molar-refractivity contribution is 9.09. The lowest BCUT2D eigenvalue weighted by molar-refractivity contribution is -0.129. The van der Waals surface area contributed by atoms with Crippen LogP contribution < -0.4 is 4.74 Å². The van der Waals surface area contributed by atoms with Gasteiger partial charge in [-0.2, -0.15) is 0 Å². The highest BCUT2D eigenvalue weighted by atomic mass is 79.9. The quantitative estimate of drug-likeness (QED) is 0.774. The van der Waals surface area contributed by atoms with E-state index in [0.717, 1.165) is 5.56 Å². The molecule has 0 saturated heterocycles. The second-order valence-corrected chi connectivity index (χ2v) is 6.23. The first-order valence-electron chi connectivity index (χ1n) is 5.33. The summed E-state index contributed by atoms with van der Waals surface area (Å²) in [7, 11) is 0. The molecule has 1 unspecified atom stereocenters. The number of hydrogen-bond donors (Lipinski definition) is 0. The van der Waals surface area contributed by atoms with Gasteiger partial charge < -0.3 is 4.74 Å². The zero-order chi connectivity index (χ0) is 13.2. The zero-order valence-corrected chi connectivity index (χ0v) is 12.7. The van der Waals surface area contributed by atoms with Gasteiger partial charge in [-0.3, -0.25) is 4.79 Å². The van der Waals surface area contributed by atoms with Crippen molar-refractivity contribution in [3.8, 4) is 5.75 Å². The summed E-state index contributed by atoms with van der Waals surface area (Å²) in [5.74, 6) is 0.667. The summed E-state index contributed by atoms with van der Waals surface area (Å²) in [5.41, 5.74) is 0.470. The van der Waals surface area contributed by atoms with Crippen LogP contribution in [0.15, 0.2) is 18.2 Å². The van der Waals surface area contributed by atoms with Crippen LogP contribution in [0.1, 0.15) is 26.3 Å². The Morgan fingerprint density at radius 2 is 2.00 bits per heavy atom. The highest BCUT2D eigenvalue weighted by Crippen LogP contribution is 2.27. The first kappa shape index (κ1) is 14.5. The molecule has 17 heavy (non-hydrogen) atoms. The number of Topliss-reactive ketones (excluding diaryl/α,β-unsaturated/α-hetero) is 1. The van der Waals surface area contributed by atoms with Crippen LogP contribution in [0.3, 0.4) is 0 Å². The Balaban J connectivity index is 2.81. The Labute approximate surface area is 115 Å². The average molecular weight is 320 g/mol. The van der Waals surface area contributed by atoms with Crippen LogP contribution in [0.5, 0.6) is 5.75 Å². The molecule has 0 amide bonds. The van der Waals surface area contributed by atoms with E-state index in [-0.39, 0.29) is 5.78 Å². The third-order valence-electron chi connectivity index (χ3n) is 2.31. The number of benzene rings is 1. The minimum atomic E-state index is -0.637. The van der Waals surface area contributed by atoms with Gasteiger partial charge in [-0.25, -0.2) is 0 Å². The van der Waals surface area contributed by atoms with E-state index in [1.54, 1.807) is 18.2 Å². The smallest absolute Gasteiger partial charge is 0.211 e. The van der Waals surface area contributed by atoms with Gasteiger partial charge in [0, 0.05) is 10.4 Å². The summed E-state index contributed by atoms with van der Waals surface area (Å²) < 4.78 is 5.60. The van der Waals surface area contributed by atoms with Gasteiger partial charge in [-0.05, 0) is 46.6 Å². The number of halogens is 2. The molecule has 0 heterocycles. The molecule has 0 radical (unpaired) electrons. The molecule has 94 valence electrons. The van der Waals surface area contributed by atoms with Crippen LogP contribution in [0, 0.1) is 12.3 Å². The second kappa shape index (κ2) is 5.40. The second-order valence-electron chi connectivity index (χ2n) is 4.96. The molecule has 1 aromatic carbocycles. The number of alkyl halides is 1. The number of carbonyl (C=O) groups is 1. The lowest BCUT2D eigenvalue weighted by atomic mass is 9.91. The van der Waals surface area contributed by atoms with Gasteiger partial charge >= 0.3 is 0 Å². The predicted molar refractivity (Wildman–Crippen MR) is 74.0 cm³/mol. The van der Waals surface area contributed by atoms with Gasteiger partial charge in [0.2, 0.25) is 5.01 Å². The van der Waals surface area contributed by atoms with Crippen LogP contribution in [0.25, 0.3) is 0 Å². The van der Waals surface area contributed by atoms with Crippen molar-refractivity contribution in [3.05, 3.63) is 28.8 Å². The summed E-state index contributed by atoms with van der Waals surface area (Å²) >= 11 is 9.12. The number of carbonyl (C=O) groups excluding carboxylic acids is 1. The Hall–Kier alpha value is -0.540. The molecule has 0 aliphatic carbocycles. The Morgan fingerprint density at radius 3 is 2.47 bits per heavy atom. The summed E-state index contributed by atoms with van der Waals surface area (Å²) in [6.45, 7) is 7.48. The van der Waals surface area contributed by atoms with Crippen LogP contribution >= 0.6 is 27.5 Å². The van der Waals surface area contributed by atoms with Gasteiger partial charge in [0.25, 0.3) is 0 Å². The maximum atomic E-state index is 11.9. The fourth-order valence-electron chi connectivity index (χ4n) is 1.25. The van der Waals surface area contributed by atoms with Crippen LogP contribution in [-0.2, 0) is 4.79 Å². The number of ether oxygens (including phenoxy) is 1. The van der Waals surface area contributed by atoms with Crippen molar-refractivity contribution in [3.63, 3.8) is 0 Å². The molecule has 1 aromatic rings. The van der Waals surface area contributed by atoms with Crippen molar-refractivity contribution < 1.29 is 9.53 Å². The lowest BCUT2D eigenvalue weighted by Gasteiger charge is -2.22. The van der Waals surface area contributed by atoms with Gasteiger partial charge in [-0.1, -0.05) is 32.4 Å². The maximum Gasteiger partial charge on any atom is 0.211 e. The molecule has 0 saturated carbocycles. The molecular formula is C13H16BrClO2. The van der Waals surface area contributed by atoms with Gasteiger partial charge in [0.1, 0.15) is 5.75 Å². The number of aryl methyl sites for hydroxylation is 1. The molecule has 1 atom stereocenters. The molecule has 0 fully saturated rings. The predicted octanol–water partition coefficient (Wildman–Crippen LogP) is 4.36. The number of hydrogen-bond acceptors (Lipinski definition) is 2. The van der Waals surface area contributed by atoms with Crippen molar-refractivity contribution >= 4 is 33.3 Å². The number of rotatable bonds is 3. The van der Waals surface area contributed by atoms with E-state index in [1.807, 2.05) is 27.7 Å². The van der Waals surface area contributed by atoms with Crippen LogP contribution in [0.2, 0.25) is 5.02 Å². The minimum absolute atomic E-state index is 0.00634.